The molecule has 0 saturated carbocycles. The molecule has 1 saturated heterocycles. The Balaban J connectivity index is 1.46. The first-order chi connectivity index (χ1) is 13.6. The zero-order valence-electron chi connectivity index (χ0n) is 16.5. The monoisotopic (exact) mass is 384 g/mol. The van der Waals surface area contributed by atoms with E-state index in [1.54, 1.807) is 12.3 Å². The van der Waals surface area contributed by atoms with E-state index in [0.717, 1.165) is 50.0 Å². The van der Waals surface area contributed by atoms with E-state index in [4.69, 9.17) is 9.47 Å². The highest BCUT2D eigenvalue weighted by Gasteiger charge is 2.11. The van der Waals surface area contributed by atoms with E-state index in [0.29, 0.717) is 12.2 Å². The minimum Gasteiger partial charge on any atom is -0.491 e. The maximum absolute atomic E-state index is 12.2. The number of carbonyl (C=O) groups excluding carboxylic acids is 1. The van der Waals surface area contributed by atoms with Crippen molar-refractivity contribution in [2.75, 3.05) is 44.7 Å². The van der Waals surface area contributed by atoms with Gasteiger partial charge in [0.1, 0.15) is 11.4 Å². The van der Waals surface area contributed by atoms with E-state index in [1.807, 2.05) is 44.2 Å². The molecule has 7 heteroatoms. The highest BCUT2D eigenvalue weighted by molar-refractivity contribution is 5.92. The van der Waals surface area contributed by atoms with Crippen LogP contribution in [0.5, 0.6) is 5.75 Å². The Kier molecular flexibility index (Phi) is 7.22. The Morgan fingerprint density at radius 1 is 1.14 bits per heavy atom. The summed E-state index contributed by atoms with van der Waals surface area (Å²) in [6.07, 6.45) is 1.81. The molecule has 1 amide bonds. The first kappa shape index (κ1) is 20.1. The van der Waals surface area contributed by atoms with Gasteiger partial charge in [-0.3, -0.25) is 9.69 Å². The van der Waals surface area contributed by atoms with Crippen molar-refractivity contribution in [3.63, 3.8) is 0 Å². The van der Waals surface area contributed by atoms with Gasteiger partial charge in [0.15, 0.2) is 0 Å². The molecule has 0 spiro atoms. The quantitative estimate of drug-likeness (QED) is 0.729. The average Bonchev–Trinajstić information content (AvgIpc) is 2.70. The van der Waals surface area contributed by atoms with Gasteiger partial charge in [0.05, 0.1) is 31.2 Å². The fraction of sp³-hybridized carbons (Fsp3) is 0.429. The number of benzene rings is 1. The van der Waals surface area contributed by atoms with Crippen molar-refractivity contribution in [1.82, 2.24) is 15.2 Å². The third kappa shape index (κ3) is 6.21. The van der Waals surface area contributed by atoms with Gasteiger partial charge in [0.25, 0.3) is 5.91 Å². The van der Waals surface area contributed by atoms with E-state index in [9.17, 15) is 4.79 Å². The van der Waals surface area contributed by atoms with Crippen LogP contribution in [-0.4, -0.2) is 61.3 Å². The lowest BCUT2D eigenvalue weighted by Gasteiger charge is -2.26. The maximum atomic E-state index is 12.2. The summed E-state index contributed by atoms with van der Waals surface area (Å²) >= 11 is 0. The van der Waals surface area contributed by atoms with Crippen molar-refractivity contribution in [3.05, 3.63) is 48.3 Å². The molecule has 3 rings (SSSR count). The molecule has 1 aromatic heterocycles. The highest BCUT2D eigenvalue weighted by Crippen LogP contribution is 2.20. The number of nitrogens with zero attached hydrogens (tertiary/aromatic N) is 2. The molecule has 0 bridgehead atoms. The summed E-state index contributed by atoms with van der Waals surface area (Å²) in [5, 5.41) is 6.19. The Hall–Kier alpha value is -2.64. The van der Waals surface area contributed by atoms with Crippen LogP contribution in [0.25, 0.3) is 0 Å². The second-order valence-electron chi connectivity index (χ2n) is 6.96. The molecule has 0 unspecified atom stereocenters. The number of hydrogen-bond donors (Lipinski definition) is 2. The fourth-order valence-corrected chi connectivity index (χ4v) is 2.90. The lowest BCUT2D eigenvalue weighted by atomic mass is 10.2. The van der Waals surface area contributed by atoms with Crippen molar-refractivity contribution < 1.29 is 14.3 Å². The minimum absolute atomic E-state index is 0.149. The number of ether oxygens (including phenoxy) is 2. The lowest BCUT2D eigenvalue weighted by molar-refractivity contribution is 0.0383. The molecule has 2 aromatic rings. The van der Waals surface area contributed by atoms with Gasteiger partial charge in [-0.1, -0.05) is 0 Å². The molecule has 7 nitrogen and oxygen atoms in total. The number of carbonyl (C=O) groups is 1. The summed E-state index contributed by atoms with van der Waals surface area (Å²) in [7, 11) is 0. The number of nitrogens with one attached hydrogen (secondary N) is 2. The summed E-state index contributed by atoms with van der Waals surface area (Å²) < 4.78 is 11.0. The predicted molar refractivity (Wildman–Crippen MR) is 109 cm³/mol. The van der Waals surface area contributed by atoms with Crippen LogP contribution in [-0.2, 0) is 4.74 Å². The van der Waals surface area contributed by atoms with Gasteiger partial charge in [0.2, 0.25) is 0 Å². The van der Waals surface area contributed by atoms with E-state index in [-0.39, 0.29) is 12.0 Å². The maximum Gasteiger partial charge on any atom is 0.269 e. The van der Waals surface area contributed by atoms with Gasteiger partial charge >= 0.3 is 0 Å². The van der Waals surface area contributed by atoms with Crippen LogP contribution < -0.4 is 15.4 Å². The van der Waals surface area contributed by atoms with E-state index in [1.165, 1.54) is 0 Å². The molecule has 28 heavy (non-hydrogen) atoms. The van der Waals surface area contributed by atoms with Crippen molar-refractivity contribution in [1.29, 1.82) is 0 Å². The number of pyridine rings is 1. The molecular formula is C21H28N4O3. The SMILES string of the molecule is CC(C)Oc1ccc(Nc2ccc(C(=O)NCCN3CCOCC3)nc2)cc1. The molecule has 1 aliphatic heterocycles. The first-order valence-electron chi connectivity index (χ1n) is 9.68. The van der Waals surface area contributed by atoms with E-state index in [2.05, 4.69) is 20.5 Å². The van der Waals surface area contributed by atoms with Crippen LogP contribution in [0, 0.1) is 0 Å². The zero-order valence-corrected chi connectivity index (χ0v) is 16.5. The first-order valence-corrected chi connectivity index (χ1v) is 9.68. The Morgan fingerprint density at radius 2 is 1.86 bits per heavy atom. The number of amides is 1. The summed E-state index contributed by atoms with van der Waals surface area (Å²) in [5.74, 6) is 0.678. The molecule has 1 aromatic carbocycles. The van der Waals surface area contributed by atoms with E-state index >= 15 is 0 Å². The fourth-order valence-electron chi connectivity index (χ4n) is 2.90. The molecule has 1 fully saturated rings. The van der Waals surface area contributed by atoms with Crippen molar-refractivity contribution in [2.24, 2.45) is 0 Å². The number of anilines is 2. The molecular weight excluding hydrogens is 356 g/mol. The Morgan fingerprint density at radius 3 is 2.50 bits per heavy atom. The van der Waals surface area contributed by atoms with Gasteiger partial charge in [-0.25, -0.2) is 4.98 Å². The number of rotatable bonds is 8. The molecule has 150 valence electrons. The van der Waals surface area contributed by atoms with Crippen LogP contribution in [0.2, 0.25) is 0 Å². The van der Waals surface area contributed by atoms with Gasteiger partial charge < -0.3 is 20.1 Å². The molecule has 0 radical (unpaired) electrons. The predicted octanol–water partition coefficient (Wildman–Crippen LogP) is 2.67. The number of morpholine rings is 1. The molecule has 2 N–H and O–H groups in total. The summed E-state index contributed by atoms with van der Waals surface area (Å²) in [4.78, 5) is 18.8. The minimum atomic E-state index is -0.157. The third-order valence-corrected chi connectivity index (χ3v) is 4.33. The summed E-state index contributed by atoms with van der Waals surface area (Å²) in [6, 6.07) is 11.3. The molecule has 2 heterocycles. The van der Waals surface area contributed by atoms with Gasteiger partial charge in [-0.2, -0.15) is 0 Å². The van der Waals surface area contributed by atoms with E-state index < -0.39 is 0 Å². The van der Waals surface area contributed by atoms with Crippen LogP contribution in [0.15, 0.2) is 42.6 Å². The molecule has 1 aliphatic rings. The topological polar surface area (TPSA) is 75.7 Å². The summed E-state index contributed by atoms with van der Waals surface area (Å²) in [6.45, 7) is 8.78. The zero-order chi connectivity index (χ0) is 19.8. The Bertz CT molecular complexity index is 741. The van der Waals surface area contributed by atoms with Crippen molar-refractivity contribution in [3.8, 4) is 5.75 Å². The van der Waals surface area contributed by atoms with Gasteiger partial charge in [-0.15, -0.1) is 0 Å². The van der Waals surface area contributed by atoms with Crippen LogP contribution in [0.3, 0.4) is 0 Å². The molecule has 0 atom stereocenters. The van der Waals surface area contributed by atoms with Crippen LogP contribution in [0.4, 0.5) is 11.4 Å². The highest BCUT2D eigenvalue weighted by atomic mass is 16.5. The largest absolute Gasteiger partial charge is 0.491 e. The number of hydrogen-bond acceptors (Lipinski definition) is 6. The standard InChI is InChI=1S/C21H28N4O3/c1-16(2)28-19-6-3-17(4-7-19)24-18-5-8-20(23-15-18)21(26)22-9-10-25-11-13-27-14-12-25/h3-8,15-16,24H,9-14H2,1-2H3,(H,22,26). The second-order valence-corrected chi connectivity index (χ2v) is 6.96. The Labute approximate surface area is 166 Å². The van der Waals surface area contributed by atoms with Gasteiger partial charge in [-0.05, 0) is 50.2 Å². The van der Waals surface area contributed by atoms with Crippen LogP contribution >= 0.6 is 0 Å². The van der Waals surface area contributed by atoms with Crippen molar-refractivity contribution >= 4 is 17.3 Å². The number of aromatic nitrogens is 1. The summed E-state index contributed by atoms with van der Waals surface area (Å²) in [5.41, 5.74) is 2.16. The van der Waals surface area contributed by atoms with Crippen molar-refractivity contribution in [2.45, 2.75) is 20.0 Å². The second kappa shape index (κ2) is 10.1. The average molecular weight is 384 g/mol. The van der Waals surface area contributed by atoms with Crippen LogP contribution in [0.1, 0.15) is 24.3 Å². The lowest BCUT2D eigenvalue weighted by Crippen LogP contribution is -2.41. The van der Waals surface area contributed by atoms with Gasteiger partial charge in [0, 0.05) is 31.9 Å². The normalized spacial score (nSPS) is 14.7. The third-order valence-electron chi connectivity index (χ3n) is 4.33. The smallest absolute Gasteiger partial charge is 0.269 e. The molecule has 0 aliphatic carbocycles.